The number of amides is 1. The molecular weight excluding hydrogens is 402 g/mol. The first-order valence-electron chi connectivity index (χ1n) is 10.5. The van der Waals surface area contributed by atoms with Gasteiger partial charge in [-0.15, -0.1) is 0 Å². The lowest BCUT2D eigenvalue weighted by molar-refractivity contribution is -0.137. The number of likely N-dealkylation sites (N-methyl/N-ethyl adjacent to an activating group) is 1. The van der Waals surface area contributed by atoms with Crippen LogP contribution in [0, 0.1) is 6.92 Å². The Morgan fingerprint density at radius 3 is 2.44 bits per heavy atom. The van der Waals surface area contributed by atoms with E-state index in [2.05, 4.69) is 0 Å². The minimum atomic E-state index is -0.688. The zero-order valence-electron chi connectivity index (χ0n) is 18.4. The normalized spacial score (nSPS) is 11.8. The van der Waals surface area contributed by atoms with Gasteiger partial charge in [0.2, 0.25) is 0 Å². The number of carbonyl (C=O) groups is 1. The van der Waals surface area contributed by atoms with E-state index in [0.717, 1.165) is 27.6 Å². The fourth-order valence-corrected chi connectivity index (χ4v) is 3.81. The number of nitrogens with zero attached hydrogens (tertiary/aromatic N) is 1. The van der Waals surface area contributed by atoms with Gasteiger partial charge in [0, 0.05) is 36.7 Å². The zero-order valence-corrected chi connectivity index (χ0v) is 18.4. The Labute approximate surface area is 186 Å². The van der Waals surface area contributed by atoms with Crippen LogP contribution in [0.25, 0.3) is 22.1 Å². The Bertz CT molecular complexity index is 1310. The molecule has 0 aliphatic rings. The van der Waals surface area contributed by atoms with Crippen molar-refractivity contribution in [2.24, 2.45) is 0 Å². The number of benzene rings is 3. The van der Waals surface area contributed by atoms with Gasteiger partial charge < -0.3 is 14.1 Å². The van der Waals surface area contributed by atoms with E-state index in [9.17, 15) is 9.59 Å². The number of rotatable bonds is 6. The minimum Gasteiger partial charge on any atom is -0.481 e. The maximum absolute atomic E-state index is 12.8. The zero-order chi connectivity index (χ0) is 22.7. The molecule has 0 aliphatic carbocycles. The SMILES string of the molecule is Cc1ccccc1-c1cc(=O)oc2cc(O[C@H](C)C(=O)N(C)Cc3ccccc3)ccc12. The van der Waals surface area contributed by atoms with Crippen molar-refractivity contribution in [3.63, 3.8) is 0 Å². The third-order valence-corrected chi connectivity index (χ3v) is 5.45. The second-order valence-corrected chi connectivity index (χ2v) is 7.89. The van der Waals surface area contributed by atoms with Crippen LogP contribution in [0.4, 0.5) is 0 Å². The maximum Gasteiger partial charge on any atom is 0.336 e. The summed E-state index contributed by atoms with van der Waals surface area (Å²) in [7, 11) is 1.75. The monoisotopic (exact) mass is 427 g/mol. The van der Waals surface area contributed by atoms with Gasteiger partial charge in [-0.25, -0.2) is 4.79 Å². The highest BCUT2D eigenvalue weighted by atomic mass is 16.5. The molecule has 1 atom stereocenters. The summed E-state index contributed by atoms with van der Waals surface area (Å²) in [5.74, 6) is 0.334. The molecule has 0 saturated heterocycles. The van der Waals surface area contributed by atoms with E-state index in [4.69, 9.17) is 9.15 Å². The van der Waals surface area contributed by atoms with E-state index in [1.807, 2.05) is 67.6 Å². The molecular formula is C27H25NO4. The molecule has 5 heteroatoms. The van der Waals surface area contributed by atoms with Gasteiger partial charge >= 0.3 is 5.63 Å². The Kier molecular flexibility index (Phi) is 6.08. The van der Waals surface area contributed by atoms with Gasteiger partial charge in [-0.2, -0.15) is 0 Å². The summed E-state index contributed by atoms with van der Waals surface area (Å²) in [6, 6.07) is 24.5. The Hall–Kier alpha value is -3.86. The summed E-state index contributed by atoms with van der Waals surface area (Å²) in [6.07, 6.45) is -0.688. The number of carbonyl (C=O) groups excluding carboxylic acids is 1. The average Bonchev–Trinajstić information content (AvgIpc) is 2.78. The Balaban J connectivity index is 1.57. The van der Waals surface area contributed by atoms with Crippen LogP contribution < -0.4 is 10.4 Å². The molecule has 5 nitrogen and oxygen atoms in total. The van der Waals surface area contributed by atoms with Gasteiger partial charge in [-0.1, -0.05) is 54.6 Å². The molecule has 1 amide bonds. The molecule has 0 radical (unpaired) electrons. The summed E-state index contributed by atoms with van der Waals surface area (Å²) in [4.78, 5) is 26.6. The van der Waals surface area contributed by atoms with E-state index >= 15 is 0 Å². The summed E-state index contributed by atoms with van der Waals surface area (Å²) < 4.78 is 11.3. The fourth-order valence-electron chi connectivity index (χ4n) is 3.81. The molecule has 0 spiro atoms. The fraction of sp³-hybridized carbons (Fsp3) is 0.185. The number of fused-ring (bicyclic) bond motifs is 1. The summed E-state index contributed by atoms with van der Waals surface area (Å²) in [6.45, 7) is 4.22. The van der Waals surface area contributed by atoms with Crippen LogP contribution in [-0.4, -0.2) is 24.0 Å². The third kappa shape index (κ3) is 4.57. The maximum atomic E-state index is 12.8. The van der Waals surface area contributed by atoms with Crippen LogP contribution in [0.5, 0.6) is 5.75 Å². The number of hydrogen-bond donors (Lipinski definition) is 0. The topological polar surface area (TPSA) is 59.8 Å². The second-order valence-electron chi connectivity index (χ2n) is 7.89. The van der Waals surface area contributed by atoms with Crippen molar-refractivity contribution in [1.82, 2.24) is 4.90 Å². The molecule has 0 saturated carbocycles. The quantitative estimate of drug-likeness (QED) is 0.397. The predicted octanol–water partition coefficient (Wildman–Crippen LogP) is 5.19. The van der Waals surface area contributed by atoms with Crippen LogP contribution in [0.3, 0.4) is 0 Å². The lowest BCUT2D eigenvalue weighted by atomic mass is 9.98. The van der Waals surface area contributed by atoms with Crippen molar-refractivity contribution in [1.29, 1.82) is 0 Å². The molecule has 4 rings (SSSR count). The van der Waals surface area contributed by atoms with Crippen LogP contribution in [0.15, 0.2) is 88.1 Å². The van der Waals surface area contributed by atoms with Gasteiger partial charge in [0.05, 0.1) is 0 Å². The Morgan fingerprint density at radius 2 is 1.69 bits per heavy atom. The first-order valence-corrected chi connectivity index (χ1v) is 10.5. The molecule has 3 aromatic carbocycles. The summed E-state index contributed by atoms with van der Waals surface area (Å²) in [5.41, 5.74) is 3.90. The predicted molar refractivity (Wildman–Crippen MR) is 126 cm³/mol. The van der Waals surface area contributed by atoms with Crippen LogP contribution in [0.1, 0.15) is 18.1 Å². The van der Waals surface area contributed by atoms with Gasteiger partial charge in [0.25, 0.3) is 5.91 Å². The molecule has 162 valence electrons. The number of ether oxygens (including phenoxy) is 1. The first-order chi connectivity index (χ1) is 15.4. The molecule has 0 aliphatic heterocycles. The summed E-state index contributed by atoms with van der Waals surface area (Å²) in [5, 5.41) is 0.812. The van der Waals surface area contributed by atoms with Crippen LogP contribution >= 0.6 is 0 Å². The van der Waals surface area contributed by atoms with E-state index in [0.29, 0.717) is 17.9 Å². The van der Waals surface area contributed by atoms with Crippen molar-refractivity contribution in [2.75, 3.05) is 7.05 Å². The van der Waals surface area contributed by atoms with E-state index < -0.39 is 11.7 Å². The van der Waals surface area contributed by atoms with Crippen molar-refractivity contribution in [2.45, 2.75) is 26.5 Å². The second kappa shape index (κ2) is 9.10. The van der Waals surface area contributed by atoms with Crippen LogP contribution in [-0.2, 0) is 11.3 Å². The number of hydrogen-bond acceptors (Lipinski definition) is 4. The van der Waals surface area contributed by atoms with Crippen molar-refractivity contribution >= 4 is 16.9 Å². The summed E-state index contributed by atoms with van der Waals surface area (Å²) >= 11 is 0. The molecule has 0 unspecified atom stereocenters. The average molecular weight is 428 g/mol. The molecule has 4 aromatic rings. The largest absolute Gasteiger partial charge is 0.481 e. The minimum absolute atomic E-state index is 0.135. The lowest BCUT2D eigenvalue weighted by Gasteiger charge is -2.22. The van der Waals surface area contributed by atoms with Crippen LogP contribution in [0.2, 0.25) is 0 Å². The molecule has 0 bridgehead atoms. The van der Waals surface area contributed by atoms with Gasteiger partial charge in [-0.3, -0.25) is 4.79 Å². The number of aryl methyl sites for hydroxylation is 1. The highest BCUT2D eigenvalue weighted by Crippen LogP contribution is 2.31. The standard InChI is InChI=1S/C27H25NO4/c1-18-9-7-8-12-22(18)24-16-26(29)32-25-15-21(13-14-23(24)25)31-19(2)27(30)28(3)17-20-10-5-4-6-11-20/h4-16,19H,17H2,1-3H3/t19-/m1/s1. The molecule has 0 fully saturated rings. The lowest BCUT2D eigenvalue weighted by Crippen LogP contribution is -2.37. The Morgan fingerprint density at radius 1 is 0.969 bits per heavy atom. The van der Waals surface area contributed by atoms with Crippen molar-refractivity contribution in [3.8, 4) is 16.9 Å². The van der Waals surface area contributed by atoms with Crippen molar-refractivity contribution < 1.29 is 13.9 Å². The van der Waals surface area contributed by atoms with Gasteiger partial charge in [0.15, 0.2) is 6.10 Å². The van der Waals surface area contributed by atoms with Gasteiger partial charge in [-0.05, 0) is 42.7 Å². The van der Waals surface area contributed by atoms with Crippen molar-refractivity contribution in [3.05, 3.63) is 100 Å². The third-order valence-electron chi connectivity index (χ3n) is 5.45. The van der Waals surface area contributed by atoms with E-state index in [-0.39, 0.29) is 5.91 Å². The first kappa shape index (κ1) is 21.4. The van der Waals surface area contributed by atoms with Gasteiger partial charge in [0.1, 0.15) is 11.3 Å². The smallest absolute Gasteiger partial charge is 0.336 e. The molecule has 0 N–H and O–H groups in total. The van der Waals surface area contributed by atoms with E-state index in [1.165, 1.54) is 6.07 Å². The van der Waals surface area contributed by atoms with E-state index in [1.54, 1.807) is 31.0 Å². The molecule has 1 aromatic heterocycles. The highest BCUT2D eigenvalue weighted by molar-refractivity contribution is 5.94. The molecule has 32 heavy (non-hydrogen) atoms. The molecule has 1 heterocycles. The highest BCUT2D eigenvalue weighted by Gasteiger charge is 2.20.